The molecule has 0 saturated carbocycles. The Balaban J connectivity index is 1.90. The van der Waals surface area contributed by atoms with Crippen LogP contribution in [0.3, 0.4) is 0 Å². The van der Waals surface area contributed by atoms with E-state index < -0.39 is 0 Å². The summed E-state index contributed by atoms with van der Waals surface area (Å²) in [6, 6.07) is 14.4. The standard InChI is InChI=1S/C15H18O2/c16-10-4-1-5-11-17-15-9-8-13-6-2-3-7-14(13)12-15/h2-3,6-9,12,16H,1,4-5,10-11H2. The highest BCUT2D eigenvalue weighted by Crippen LogP contribution is 2.20. The predicted molar refractivity (Wildman–Crippen MR) is 70.4 cm³/mol. The Labute approximate surface area is 102 Å². The fourth-order valence-corrected chi connectivity index (χ4v) is 1.84. The van der Waals surface area contributed by atoms with E-state index in [1.807, 2.05) is 18.2 Å². The molecule has 90 valence electrons. The van der Waals surface area contributed by atoms with Crippen molar-refractivity contribution in [3.8, 4) is 5.75 Å². The summed E-state index contributed by atoms with van der Waals surface area (Å²) in [5.41, 5.74) is 0. The molecule has 0 aliphatic carbocycles. The second-order valence-electron chi connectivity index (χ2n) is 4.14. The molecule has 0 bridgehead atoms. The summed E-state index contributed by atoms with van der Waals surface area (Å²) in [5, 5.41) is 11.1. The summed E-state index contributed by atoms with van der Waals surface area (Å²) in [5.74, 6) is 0.924. The van der Waals surface area contributed by atoms with Crippen molar-refractivity contribution in [2.24, 2.45) is 0 Å². The normalized spacial score (nSPS) is 10.6. The first-order valence-corrected chi connectivity index (χ1v) is 6.12. The molecule has 2 nitrogen and oxygen atoms in total. The van der Waals surface area contributed by atoms with E-state index in [4.69, 9.17) is 9.84 Å². The van der Waals surface area contributed by atoms with Gasteiger partial charge in [-0.1, -0.05) is 30.3 Å². The van der Waals surface area contributed by atoms with Crippen LogP contribution in [0, 0.1) is 0 Å². The number of aliphatic hydroxyl groups excluding tert-OH is 1. The molecular formula is C15H18O2. The topological polar surface area (TPSA) is 29.5 Å². The van der Waals surface area contributed by atoms with Crippen LogP contribution in [0.1, 0.15) is 19.3 Å². The van der Waals surface area contributed by atoms with E-state index in [0.717, 1.165) is 31.6 Å². The number of aliphatic hydroxyl groups is 1. The molecule has 0 aliphatic rings. The maximum Gasteiger partial charge on any atom is 0.119 e. The molecule has 0 radical (unpaired) electrons. The summed E-state index contributed by atoms with van der Waals surface area (Å²) in [6.07, 6.45) is 2.87. The van der Waals surface area contributed by atoms with Gasteiger partial charge in [-0.05, 0) is 42.2 Å². The van der Waals surface area contributed by atoms with Gasteiger partial charge in [-0.15, -0.1) is 0 Å². The van der Waals surface area contributed by atoms with Gasteiger partial charge in [0.15, 0.2) is 0 Å². The van der Waals surface area contributed by atoms with Crippen LogP contribution in [0.4, 0.5) is 0 Å². The highest BCUT2D eigenvalue weighted by molar-refractivity contribution is 5.83. The molecule has 0 amide bonds. The lowest BCUT2D eigenvalue weighted by molar-refractivity contribution is 0.266. The van der Waals surface area contributed by atoms with E-state index in [0.29, 0.717) is 0 Å². The first-order valence-electron chi connectivity index (χ1n) is 6.12. The van der Waals surface area contributed by atoms with E-state index in [9.17, 15) is 0 Å². The van der Waals surface area contributed by atoms with Gasteiger partial charge < -0.3 is 9.84 Å². The van der Waals surface area contributed by atoms with Crippen LogP contribution >= 0.6 is 0 Å². The minimum absolute atomic E-state index is 0.274. The van der Waals surface area contributed by atoms with Crippen molar-refractivity contribution in [1.29, 1.82) is 0 Å². The van der Waals surface area contributed by atoms with Gasteiger partial charge in [0, 0.05) is 6.61 Å². The lowest BCUT2D eigenvalue weighted by atomic mass is 10.1. The first kappa shape index (κ1) is 11.9. The van der Waals surface area contributed by atoms with Crippen LogP contribution in [0.5, 0.6) is 5.75 Å². The molecule has 0 aromatic heterocycles. The zero-order valence-corrected chi connectivity index (χ0v) is 9.93. The Morgan fingerprint density at radius 3 is 2.53 bits per heavy atom. The third-order valence-corrected chi connectivity index (χ3v) is 2.79. The molecule has 0 saturated heterocycles. The van der Waals surface area contributed by atoms with Gasteiger partial charge in [-0.2, -0.15) is 0 Å². The summed E-state index contributed by atoms with van der Waals surface area (Å²) >= 11 is 0. The zero-order chi connectivity index (χ0) is 11.9. The lowest BCUT2D eigenvalue weighted by Gasteiger charge is -2.06. The molecule has 1 N–H and O–H groups in total. The van der Waals surface area contributed by atoms with Crippen LogP contribution < -0.4 is 4.74 Å². The van der Waals surface area contributed by atoms with Crippen LogP contribution in [0.25, 0.3) is 10.8 Å². The molecule has 2 aromatic rings. The molecule has 17 heavy (non-hydrogen) atoms. The van der Waals surface area contributed by atoms with Gasteiger partial charge in [0.1, 0.15) is 5.75 Å². The van der Waals surface area contributed by atoms with E-state index in [2.05, 4.69) is 24.3 Å². The second-order valence-corrected chi connectivity index (χ2v) is 4.14. The largest absolute Gasteiger partial charge is 0.494 e. The fraction of sp³-hybridized carbons (Fsp3) is 0.333. The molecular weight excluding hydrogens is 212 g/mol. The molecule has 2 heteroatoms. The van der Waals surface area contributed by atoms with Crippen LogP contribution in [-0.2, 0) is 0 Å². The maximum absolute atomic E-state index is 8.66. The monoisotopic (exact) mass is 230 g/mol. The minimum atomic E-state index is 0.274. The molecule has 0 fully saturated rings. The Bertz CT molecular complexity index is 465. The molecule has 2 rings (SSSR count). The van der Waals surface area contributed by atoms with Gasteiger partial charge in [-0.25, -0.2) is 0 Å². The van der Waals surface area contributed by atoms with Crippen molar-refractivity contribution in [3.05, 3.63) is 42.5 Å². The summed E-state index contributed by atoms with van der Waals surface area (Å²) in [7, 11) is 0. The average molecular weight is 230 g/mol. The maximum atomic E-state index is 8.66. The highest BCUT2D eigenvalue weighted by Gasteiger charge is 1.96. The smallest absolute Gasteiger partial charge is 0.119 e. The zero-order valence-electron chi connectivity index (χ0n) is 9.93. The molecule has 0 spiro atoms. The van der Waals surface area contributed by atoms with Gasteiger partial charge in [0.2, 0.25) is 0 Å². The number of benzene rings is 2. The summed E-state index contributed by atoms with van der Waals surface area (Å²) < 4.78 is 5.68. The van der Waals surface area contributed by atoms with Gasteiger partial charge in [0.25, 0.3) is 0 Å². The van der Waals surface area contributed by atoms with E-state index in [1.165, 1.54) is 10.8 Å². The van der Waals surface area contributed by atoms with Crippen molar-refractivity contribution in [2.75, 3.05) is 13.2 Å². The van der Waals surface area contributed by atoms with Crippen LogP contribution in [-0.4, -0.2) is 18.3 Å². The third kappa shape index (κ3) is 3.46. The second kappa shape index (κ2) is 6.26. The first-order chi connectivity index (χ1) is 8.40. The number of rotatable bonds is 6. The van der Waals surface area contributed by atoms with Crippen molar-refractivity contribution in [3.63, 3.8) is 0 Å². The van der Waals surface area contributed by atoms with Crippen LogP contribution in [0.15, 0.2) is 42.5 Å². The molecule has 0 heterocycles. The SMILES string of the molecule is OCCCCCOc1ccc2ccccc2c1. The average Bonchev–Trinajstić information content (AvgIpc) is 2.38. The number of unbranched alkanes of at least 4 members (excludes halogenated alkanes) is 2. The van der Waals surface area contributed by atoms with Crippen molar-refractivity contribution in [2.45, 2.75) is 19.3 Å². The predicted octanol–water partition coefficient (Wildman–Crippen LogP) is 3.38. The summed E-state index contributed by atoms with van der Waals surface area (Å²) in [4.78, 5) is 0. The molecule has 0 atom stereocenters. The Morgan fingerprint density at radius 1 is 0.882 bits per heavy atom. The number of hydrogen-bond donors (Lipinski definition) is 1. The lowest BCUT2D eigenvalue weighted by Crippen LogP contribution is -1.97. The van der Waals surface area contributed by atoms with Crippen molar-refractivity contribution < 1.29 is 9.84 Å². The van der Waals surface area contributed by atoms with Gasteiger partial charge in [0.05, 0.1) is 6.61 Å². The Morgan fingerprint density at radius 2 is 1.71 bits per heavy atom. The van der Waals surface area contributed by atoms with E-state index in [-0.39, 0.29) is 6.61 Å². The van der Waals surface area contributed by atoms with Crippen molar-refractivity contribution in [1.82, 2.24) is 0 Å². The molecule has 0 unspecified atom stereocenters. The van der Waals surface area contributed by atoms with Gasteiger partial charge in [-0.3, -0.25) is 0 Å². The number of ether oxygens (including phenoxy) is 1. The molecule has 2 aromatic carbocycles. The molecule has 0 aliphatic heterocycles. The Kier molecular flexibility index (Phi) is 4.39. The number of fused-ring (bicyclic) bond motifs is 1. The van der Waals surface area contributed by atoms with E-state index in [1.54, 1.807) is 0 Å². The fourth-order valence-electron chi connectivity index (χ4n) is 1.84. The van der Waals surface area contributed by atoms with Crippen LogP contribution in [0.2, 0.25) is 0 Å². The van der Waals surface area contributed by atoms with E-state index >= 15 is 0 Å². The van der Waals surface area contributed by atoms with Crippen molar-refractivity contribution >= 4 is 10.8 Å². The minimum Gasteiger partial charge on any atom is -0.494 e. The summed E-state index contributed by atoms with van der Waals surface area (Å²) in [6.45, 7) is 0.994. The Hall–Kier alpha value is -1.54. The number of hydrogen-bond acceptors (Lipinski definition) is 2. The quantitative estimate of drug-likeness (QED) is 0.771. The highest BCUT2D eigenvalue weighted by atomic mass is 16.5. The third-order valence-electron chi connectivity index (χ3n) is 2.79. The van der Waals surface area contributed by atoms with Gasteiger partial charge >= 0.3 is 0 Å².